The van der Waals surface area contributed by atoms with Crippen molar-refractivity contribution in [3.05, 3.63) is 36.0 Å². The molecule has 0 bridgehead atoms. The molecule has 2 heteroatoms. The molecule has 1 N–H and O–H groups in total. The number of hydrogen-bond acceptors (Lipinski definition) is 2. The number of allylic oxidation sites excluding steroid dienone is 4. The van der Waals surface area contributed by atoms with Crippen LogP contribution >= 0.6 is 0 Å². The van der Waals surface area contributed by atoms with E-state index < -0.39 is 5.60 Å². The Morgan fingerprint density at radius 3 is 2.74 bits per heavy atom. The molecule has 0 radical (unpaired) electrons. The molecule has 0 unspecified atom stereocenters. The topological polar surface area (TPSA) is 37.3 Å². The van der Waals surface area contributed by atoms with E-state index in [0.29, 0.717) is 17.8 Å². The average molecular weight is 312 g/mol. The van der Waals surface area contributed by atoms with Crippen LogP contribution in [-0.2, 0) is 4.79 Å². The van der Waals surface area contributed by atoms with E-state index in [0.717, 1.165) is 37.7 Å². The van der Waals surface area contributed by atoms with E-state index in [4.69, 9.17) is 0 Å². The number of ketones is 1. The molecule has 2 saturated carbocycles. The van der Waals surface area contributed by atoms with Crippen molar-refractivity contribution in [3.63, 3.8) is 0 Å². The van der Waals surface area contributed by atoms with Gasteiger partial charge in [0.25, 0.3) is 0 Å². The van der Waals surface area contributed by atoms with Gasteiger partial charge in [-0.15, -0.1) is 0 Å². The number of carbonyl (C=O) groups excluding carboxylic acids is 1. The van der Waals surface area contributed by atoms with Gasteiger partial charge in [-0.3, -0.25) is 4.79 Å². The van der Waals surface area contributed by atoms with Gasteiger partial charge in [-0.25, -0.2) is 0 Å². The maximum atomic E-state index is 12.0. The smallest absolute Gasteiger partial charge is 0.181 e. The Hall–Kier alpha value is -1.15. The summed E-state index contributed by atoms with van der Waals surface area (Å²) in [5.41, 5.74) is 1.50. The van der Waals surface area contributed by atoms with Crippen LogP contribution in [-0.4, -0.2) is 16.5 Å². The predicted octanol–water partition coefficient (Wildman–Crippen LogP) is 4.21. The van der Waals surface area contributed by atoms with Crippen molar-refractivity contribution in [2.75, 3.05) is 0 Å². The van der Waals surface area contributed by atoms with E-state index in [1.807, 2.05) is 19.1 Å². The molecule has 0 heterocycles. The third-order valence-corrected chi connectivity index (χ3v) is 8.01. The number of carbonyl (C=O) groups is 1. The van der Waals surface area contributed by atoms with Gasteiger partial charge in [-0.05, 0) is 73.8 Å². The highest BCUT2D eigenvalue weighted by Gasteiger charge is 2.60. The number of hydrogen-bond donors (Lipinski definition) is 1. The highest BCUT2D eigenvalue weighted by molar-refractivity contribution is 6.05. The molecule has 0 spiro atoms. The number of aliphatic hydroxyl groups is 1. The maximum absolute atomic E-state index is 12.0. The molecule has 23 heavy (non-hydrogen) atoms. The van der Waals surface area contributed by atoms with Gasteiger partial charge in [0.15, 0.2) is 5.78 Å². The first-order valence-corrected chi connectivity index (χ1v) is 9.04. The fourth-order valence-electron chi connectivity index (χ4n) is 6.28. The zero-order valence-electron chi connectivity index (χ0n) is 14.6. The Bertz CT molecular complexity index is 653. The molecule has 4 aliphatic rings. The van der Waals surface area contributed by atoms with Crippen molar-refractivity contribution in [1.82, 2.24) is 0 Å². The van der Waals surface area contributed by atoms with Crippen LogP contribution in [0, 0.1) is 28.6 Å². The Kier molecular flexibility index (Phi) is 2.99. The molecule has 0 saturated heterocycles. The minimum atomic E-state index is -0.689. The summed E-state index contributed by atoms with van der Waals surface area (Å²) in [6.07, 6.45) is 11.4. The second-order valence-corrected chi connectivity index (χ2v) is 9.03. The van der Waals surface area contributed by atoms with E-state index in [2.05, 4.69) is 26.5 Å². The SMILES string of the molecule is C=C1C[C@@]2(C)C(=CC1=O)CC[C@@H]1[C@@H]2CC[C@@]2(C)[C@H]1C=C[C@]2(C)O. The Morgan fingerprint density at radius 2 is 2.00 bits per heavy atom. The monoisotopic (exact) mass is 312 g/mol. The van der Waals surface area contributed by atoms with E-state index in [9.17, 15) is 9.90 Å². The van der Waals surface area contributed by atoms with Crippen molar-refractivity contribution < 1.29 is 9.90 Å². The lowest BCUT2D eigenvalue weighted by molar-refractivity contribution is -0.115. The molecular weight excluding hydrogens is 284 g/mol. The first-order chi connectivity index (χ1) is 10.7. The van der Waals surface area contributed by atoms with Crippen LogP contribution in [0.5, 0.6) is 0 Å². The molecule has 0 amide bonds. The number of rotatable bonds is 0. The summed E-state index contributed by atoms with van der Waals surface area (Å²) < 4.78 is 0. The lowest BCUT2D eigenvalue weighted by atomic mass is 9.46. The molecule has 0 aromatic heterocycles. The lowest BCUT2D eigenvalue weighted by Gasteiger charge is -2.58. The van der Waals surface area contributed by atoms with Crippen LogP contribution in [0.15, 0.2) is 36.0 Å². The molecular formula is C21H28O2. The highest BCUT2D eigenvalue weighted by Crippen LogP contribution is 2.65. The molecule has 4 aliphatic carbocycles. The molecule has 0 aliphatic heterocycles. The number of fused-ring (bicyclic) bond motifs is 5. The van der Waals surface area contributed by atoms with Crippen molar-refractivity contribution >= 4 is 5.78 Å². The normalized spacial score (nSPS) is 51.8. The van der Waals surface area contributed by atoms with Gasteiger partial charge in [0.2, 0.25) is 0 Å². The minimum absolute atomic E-state index is 0.0345. The van der Waals surface area contributed by atoms with Crippen molar-refractivity contribution in [2.24, 2.45) is 28.6 Å². The summed E-state index contributed by atoms with van der Waals surface area (Å²) in [6, 6.07) is 0. The van der Waals surface area contributed by atoms with Crippen LogP contribution in [0.3, 0.4) is 0 Å². The largest absolute Gasteiger partial charge is 0.385 e. The molecule has 0 aromatic carbocycles. The standard InChI is InChI=1S/C21H28O2/c1-13-12-19(2)14(11-18(13)22)5-6-15-16(19)7-9-20(3)17(15)8-10-21(20,4)23/h8,10-11,15-17,23H,1,5-7,9,12H2,2-4H3/t15-,16+,17+,19+,20+,21+/m1/s1. The van der Waals surface area contributed by atoms with Crippen LogP contribution in [0.4, 0.5) is 0 Å². The van der Waals surface area contributed by atoms with Gasteiger partial charge in [-0.1, -0.05) is 38.2 Å². The molecule has 2 fully saturated rings. The molecule has 4 rings (SSSR count). The minimum Gasteiger partial charge on any atom is -0.385 e. The van der Waals surface area contributed by atoms with Gasteiger partial charge in [0.05, 0.1) is 5.60 Å². The first kappa shape index (κ1) is 15.4. The summed E-state index contributed by atoms with van der Waals surface area (Å²) in [6.45, 7) is 10.6. The average Bonchev–Trinajstić information content (AvgIpc) is 2.71. The summed E-state index contributed by atoms with van der Waals surface area (Å²) in [5, 5.41) is 10.9. The summed E-state index contributed by atoms with van der Waals surface area (Å²) >= 11 is 0. The lowest BCUT2D eigenvalue weighted by Crippen LogP contribution is -2.54. The highest BCUT2D eigenvalue weighted by atomic mass is 16.3. The molecule has 6 atom stereocenters. The third kappa shape index (κ3) is 1.82. The van der Waals surface area contributed by atoms with Gasteiger partial charge >= 0.3 is 0 Å². The predicted molar refractivity (Wildman–Crippen MR) is 91.8 cm³/mol. The Labute approximate surface area is 139 Å². The zero-order chi connectivity index (χ0) is 16.6. The Morgan fingerprint density at radius 1 is 1.26 bits per heavy atom. The summed E-state index contributed by atoms with van der Waals surface area (Å²) in [5.74, 6) is 1.81. The van der Waals surface area contributed by atoms with Crippen LogP contribution in [0.1, 0.15) is 52.9 Å². The van der Waals surface area contributed by atoms with Gasteiger partial charge in [0.1, 0.15) is 0 Å². The quantitative estimate of drug-likeness (QED) is 0.537. The van der Waals surface area contributed by atoms with Crippen LogP contribution in [0.2, 0.25) is 0 Å². The molecule has 0 aromatic rings. The van der Waals surface area contributed by atoms with E-state index >= 15 is 0 Å². The van der Waals surface area contributed by atoms with Crippen molar-refractivity contribution in [3.8, 4) is 0 Å². The second-order valence-electron chi connectivity index (χ2n) is 9.03. The van der Waals surface area contributed by atoms with Gasteiger partial charge in [0, 0.05) is 5.41 Å². The van der Waals surface area contributed by atoms with Crippen molar-refractivity contribution in [1.29, 1.82) is 0 Å². The molecule has 2 nitrogen and oxygen atoms in total. The van der Waals surface area contributed by atoms with Gasteiger partial charge in [-0.2, -0.15) is 0 Å². The third-order valence-electron chi connectivity index (χ3n) is 8.01. The van der Waals surface area contributed by atoms with E-state index in [1.165, 1.54) is 5.57 Å². The van der Waals surface area contributed by atoms with Gasteiger partial charge < -0.3 is 5.11 Å². The summed E-state index contributed by atoms with van der Waals surface area (Å²) in [7, 11) is 0. The fraction of sp³-hybridized carbons (Fsp3) is 0.667. The van der Waals surface area contributed by atoms with Crippen molar-refractivity contribution in [2.45, 2.75) is 58.5 Å². The second kappa shape index (κ2) is 4.47. The first-order valence-electron chi connectivity index (χ1n) is 9.04. The van der Waals surface area contributed by atoms with Crippen LogP contribution in [0.25, 0.3) is 0 Å². The Balaban J connectivity index is 1.73. The van der Waals surface area contributed by atoms with E-state index in [-0.39, 0.29) is 16.6 Å². The zero-order valence-corrected chi connectivity index (χ0v) is 14.6. The maximum Gasteiger partial charge on any atom is 0.181 e. The van der Waals surface area contributed by atoms with Crippen LogP contribution < -0.4 is 0 Å². The fourth-order valence-corrected chi connectivity index (χ4v) is 6.28. The molecule has 124 valence electrons. The summed E-state index contributed by atoms with van der Waals surface area (Å²) in [4.78, 5) is 12.0. The van der Waals surface area contributed by atoms with E-state index in [1.54, 1.807) is 0 Å².